The monoisotopic (exact) mass is 347 g/mol. The molecule has 0 heterocycles. The van der Waals surface area contributed by atoms with Gasteiger partial charge in [0, 0.05) is 30.0 Å². The van der Waals surface area contributed by atoms with Crippen LogP contribution >= 0.6 is 15.9 Å². The van der Waals surface area contributed by atoms with Crippen molar-refractivity contribution >= 4 is 21.8 Å². The van der Waals surface area contributed by atoms with Crippen molar-refractivity contribution in [3.63, 3.8) is 0 Å². The van der Waals surface area contributed by atoms with Gasteiger partial charge >= 0.3 is 0 Å². The van der Waals surface area contributed by atoms with Crippen molar-refractivity contribution in [2.24, 2.45) is 0 Å². The number of carbonyl (C=O) groups is 1. The maximum Gasteiger partial charge on any atom is 0.253 e. The molecule has 1 amide bonds. The lowest BCUT2D eigenvalue weighted by atomic mass is 10.1. The molecular formula is C17H18BrNO2. The fourth-order valence-electron chi connectivity index (χ4n) is 2.12. The largest absolute Gasteiger partial charge is 0.496 e. The number of ether oxygens (including phenoxy) is 1. The number of halogens is 1. The highest BCUT2D eigenvalue weighted by molar-refractivity contribution is 9.08. The zero-order valence-corrected chi connectivity index (χ0v) is 13.8. The number of nitrogens with zero attached hydrogens (tertiary/aromatic N) is 1. The predicted molar refractivity (Wildman–Crippen MR) is 87.9 cm³/mol. The minimum atomic E-state index is 0.00188. The van der Waals surface area contributed by atoms with Crippen molar-refractivity contribution in [2.45, 2.75) is 11.9 Å². The fourth-order valence-corrected chi connectivity index (χ4v) is 2.49. The summed E-state index contributed by atoms with van der Waals surface area (Å²) in [5, 5.41) is 0.790. The van der Waals surface area contributed by atoms with Crippen LogP contribution in [-0.2, 0) is 11.9 Å². The van der Waals surface area contributed by atoms with Crippen molar-refractivity contribution in [1.82, 2.24) is 4.90 Å². The SMILES string of the molecule is COc1ccccc1CN(C)C(=O)c1ccc(CBr)cc1. The highest BCUT2D eigenvalue weighted by Crippen LogP contribution is 2.19. The Morgan fingerprint density at radius 1 is 1.14 bits per heavy atom. The Bertz CT molecular complexity index is 610. The summed E-state index contributed by atoms with van der Waals surface area (Å²) in [6, 6.07) is 15.4. The molecule has 0 aromatic heterocycles. The third kappa shape index (κ3) is 3.85. The Labute approximate surface area is 133 Å². The summed E-state index contributed by atoms with van der Waals surface area (Å²) in [5.41, 5.74) is 2.84. The van der Waals surface area contributed by atoms with Crippen LogP contribution in [0.1, 0.15) is 21.5 Å². The number of methoxy groups -OCH3 is 1. The Kier molecular flexibility index (Phi) is 5.39. The van der Waals surface area contributed by atoms with Gasteiger partial charge in [-0.15, -0.1) is 0 Å². The zero-order chi connectivity index (χ0) is 15.2. The summed E-state index contributed by atoms with van der Waals surface area (Å²) in [7, 11) is 3.44. The van der Waals surface area contributed by atoms with Crippen molar-refractivity contribution < 1.29 is 9.53 Å². The molecule has 2 rings (SSSR count). The molecule has 0 unspecified atom stereocenters. The summed E-state index contributed by atoms with van der Waals surface area (Å²) in [5.74, 6) is 0.800. The van der Waals surface area contributed by atoms with E-state index in [1.807, 2.05) is 48.5 Å². The number of rotatable bonds is 5. The number of alkyl halides is 1. The van der Waals surface area contributed by atoms with Crippen LogP contribution in [0.5, 0.6) is 5.75 Å². The molecule has 0 aliphatic heterocycles. The predicted octanol–water partition coefficient (Wildman–Crippen LogP) is 3.86. The van der Waals surface area contributed by atoms with E-state index < -0.39 is 0 Å². The molecule has 0 atom stereocenters. The van der Waals surface area contributed by atoms with E-state index in [2.05, 4.69) is 15.9 Å². The number of hydrogen-bond acceptors (Lipinski definition) is 2. The van der Waals surface area contributed by atoms with Crippen LogP contribution < -0.4 is 4.74 Å². The van der Waals surface area contributed by atoms with E-state index >= 15 is 0 Å². The van der Waals surface area contributed by atoms with Gasteiger partial charge in [-0.25, -0.2) is 0 Å². The average molecular weight is 348 g/mol. The summed E-state index contributed by atoms with van der Waals surface area (Å²) < 4.78 is 5.32. The van der Waals surface area contributed by atoms with Gasteiger partial charge in [-0.05, 0) is 23.8 Å². The van der Waals surface area contributed by atoms with Gasteiger partial charge in [0.05, 0.1) is 7.11 Å². The topological polar surface area (TPSA) is 29.5 Å². The minimum Gasteiger partial charge on any atom is -0.496 e. The molecule has 0 spiro atoms. The van der Waals surface area contributed by atoms with Crippen LogP contribution in [0, 0.1) is 0 Å². The maximum atomic E-state index is 12.4. The van der Waals surface area contributed by atoms with Crippen molar-refractivity contribution in [1.29, 1.82) is 0 Å². The lowest BCUT2D eigenvalue weighted by molar-refractivity contribution is 0.0784. The highest BCUT2D eigenvalue weighted by atomic mass is 79.9. The Hall–Kier alpha value is -1.81. The van der Waals surface area contributed by atoms with E-state index in [-0.39, 0.29) is 5.91 Å². The molecule has 0 radical (unpaired) electrons. The zero-order valence-electron chi connectivity index (χ0n) is 12.2. The number of hydrogen-bond donors (Lipinski definition) is 0. The second kappa shape index (κ2) is 7.27. The molecule has 0 saturated carbocycles. The average Bonchev–Trinajstić information content (AvgIpc) is 2.54. The van der Waals surface area contributed by atoms with Gasteiger partial charge in [-0.1, -0.05) is 46.3 Å². The Morgan fingerprint density at radius 3 is 2.43 bits per heavy atom. The first-order valence-corrected chi connectivity index (χ1v) is 7.80. The highest BCUT2D eigenvalue weighted by Gasteiger charge is 2.13. The molecule has 0 N–H and O–H groups in total. The van der Waals surface area contributed by atoms with E-state index in [1.54, 1.807) is 19.1 Å². The van der Waals surface area contributed by atoms with E-state index in [0.717, 1.165) is 22.2 Å². The molecule has 2 aromatic rings. The Morgan fingerprint density at radius 2 is 1.81 bits per heavy atom. The van der Waals surface area contributed by atoms with Crippen LogP contribution in [0.15, 0.2) is 48.5 Å². The number of benzene rings is 2. The molecule has 21 heavy (non-hydrogen) atoms. The molecule has 0 bridgehead atoms. The Balaban J connectivity index is 2.11. The van der Waals surface area contributed by atoms with Gasteiger partial charge in [0.15, 0.2) is 0 Å². The van der Waals surface area contributed by atoms with E-state index in [4.69, 9.17) is 4.74 Å². The van der Waals surface area contributed by atoms with E-state index in [9.17, 15) is 4.79 Å². The van der Waals surface area contributed by atoms with Gasteiger partial charge in [-0.3, -0.25) is 4.79 Å². The smallest absolute Gasteiger partial charge is 0.253 e. The molecule has 0 fully saturated rings. The van der Waals surface area contributed by atoms with Crippen LogP contribution in [0.4, 0.5) is 0 Å². The summed E-state index contributed by atoms with van der Waals surface area (Å²) in [6.07, 6.45) is 0. The molecule has 2 aromatic carbocycles. The summed E-state index contributed by atoms with van der Waals surface area (Å²) in [4.78, 5) is 14.1. The van der Waals surface area contributed by atoms with Gasteiger partial charge in [-0.2, -0.15) is 0 Å². The van der Waals surface area contributed by atoms with Crippen molar-refractivity contribution in [3.8, 4) is 5.75 Å². The number of carbonyl (C=O) groups excluding carboxylic acids is 1. The van der Waals surface area contributed by atoms with Gasteiger partial charge < -0.3 is 9.64 Å². The van der Waals surface area contributed by atoms with Crippen LogP contribution in [0.25, 0.3) is 0 Å². The molecule has 110 valence electrons. The number of amides is 1. The van der Waals surface area contributed by atoms with E-state index in [1.165, 1.54) is 0 Å². The maximum absolute atomic E-state index is 12.4. The summed E-state index contributed by atoms with van der Waals surface area (Å²) in [6.45, 7) is 0.517. The van der Waals surface area contributed by atoms with Crippen LogP contribution in [0.2, 0.25) is 0 Å². The third-order valence-electron chi connectivity index (χ3n) is 3.30. The van der Waals surface area contributed by atoms with Gasteiger partial charge in [0.1, 0.15) is 5.75 Å². The first kappa shape index (κ1) is 15.6. The summed E-state index contributed by atoms with van der Waals surface area (Å²) >= 11 is 3.40. The third-order valence-corrected chi connectivity index (χ3v) is 3.95. The minimum absolute atomic E-state index is 0.00188. The second-order valence-electron chi connectivity index (χ2n) is 4.80. The molecular weight excluding hydrogens is 330 g/mol. The fraction of sp³-hybridized carbons (Fsp3) is 0.235. The van der Waals surface area contributed by atoms with Crippen LogP contribution in [0.3, 0.4) is 0 Å². The lowest BCUT2D eigenvalue weighted by Crippen LogP contribution is -2.26. The molecule has 3 nitrogen and oxygen atoms in total. The van der Waals surface area contributed by atoms with Gasteiger partial charge in [0.2, 0.25) is 0 Å². The standard InChI is InChI=1S/C17H18BrNO2/c1-19(12-15-5-3-4-6-16(15)21-2)17(20)14-9-7-13(11-18)8-10-14/h3-10H,11-12H2,1-2H3. The molecule has 0 aliphatic rings. The van der Waals surface area contributed by atoms with Crippen molar-refractivity contribution in [3.05, 3.63) is 65.2 Å². The van der Waals surface area contributed by atoms with Crippen molar-refractivity contribution in [2.75, 3.05) is 14.2 Å². The lowest BCUT2D eigenvalue weighted by Gasteiger charge is -2.19. The quantitative estimate of drug-likeness (QED) is 0.768. The first-order chi connectivity index (χ1) is 10.2. The molecule has 0 aliphatic carbocycles. The van der Waals surface area contributed by atoms with Gasteiger partial charge in [0.25, 0.3) is 5.91 Å². The second-order valence-corrected chi connectivity index (χ2v) is 5.36. The normalized spacial score (nSPS) is 10.2. The van der Waals surface area contributed by atoms with Crippen LogP contribution in [-0.4, -0.2) is 25.0 Å². The van der Waals surface area contributed by atoms with E-state index in [0.29, 0.717) is 12.1 Å². The number of para-hydroxylation sites is 1. The first-order valence-electron chi connectivity index (χ1n) is 6.68. The molecule has 4 heteroatoms. The molecule has 0 saturated heterocycles.